The van der Waals surface area contributed by atoms with Crippen LogP contribution < -0.4 is 9.81 Å². The van der Waals surface area contributed by atoms with Crippen LogP contribution in [0, 0.1) is 17.8 Å². The molecule has 6 nitrogen and oxygen atoms in total. The molecule has 0 saturated carbocycles. The average molecular weight is 1070 g/mol. The number of benzene rings is 3. The molecule has 10 heteroatoms. The fourth-order valence-electron chi connectivity index (χ4n) is 10.3. The monoisotopic (exact) mass is 1070 g/mol. The van der Waals surface area contributed by atoms with Gasteiger partial charge in [0.2, 0.25) is 0 Å². The molecule has 0 N–H and O–H groups in total. The summed E-state index contributed by atoms with van der Waals surface area (Å²) < 4.78 is 31.6. The van der Waals surface area contributed by atoms with Crippen LogP contribution in [0.5, 0.6) is 0 Å². The van der Waals surface area contributed by atoms with Gasteiger partial charge in [-0.15, -0.1) is 0 Å². The Morgan fingerprint density at radius 3 is 0.951 bits per heavy atom. The van der Waals surface area contributed by atoms with Crippen LogP contribution >= 0.6 is 0 Å². The Hall–Kier alpha value is -2.31. The molecule has 0 bridgehead atoms. The Morgan fingerprint density at radius 1 is 0.443 bits per heavy atom. The van der Waals surface area contributed by atoms with Crippen molar-refractivity contribution in [3.63, 3.8) is 0 Å². The van der Waals surface area contributed by atoms with Gasteiger partial charge in [-0.1, -0.05) is 0 Å². The number of rotatable bonds is 21. The first kappa shape index (κ1) is 48.2. The van der Waals surface area contributed by atoms with E-state index in [2.05, 4.69) is 189 Å². The first-order valence-electron chi connectivity index (χ1n) is 23.1. The van der Waals surface area contributed by atoms with Crippen LogP contribution in [0.4, 0.5) is 0 Å². The van der Waals surface area contributed by atoms with E-state index in [1.165, 1.54) is 77.3 Å². The number of nitrogens with zero attached hydrogens (tertiary/aromatic N) is 3. The first-order valence-corrected chi connectivity index (χ1v) is 37.6. The summed E-state index contributed by atoms with van der Waals surface area (Å²) in [6, 6.07) is 25.9. The zero-order chi connectivity index (χ0) is 44.4. The van der Waals surface area contributed by atoms with Crippen molar-refractivity contribution in [2.75, 3.05) is 19.8 Å². The van der Waals surface area contributed by atoms with Crippen molar-refractivity contribution in [3.05, 3.63) is 89.9 Å². The molecule has 0 aliphatic heterocycles. The number of hydrogen-bond acceptors (Lipinski definition) is 3. The Kier molecular flexibility index (Phi) is 15.7. The minimum atomic E-state index is -2.92. The fraction of sp³-hybridized carbons (Fsp3) is 0.529. The van der Waals surface area contributed by atoms with E-state index in [4.69, 9.17) is 13.3 Å². The van der Waals surface area contributed by atoms with Gasteiger partial charge in [0.15, 0.2) is 0 Å². The molecule has 0 atom stereocenters. The Balaban J connectivity index is 1.42. The molecule has 0 amide bonds. The van der Waals surface area contributed by atoms with Crippen LogP contribution in [0.25, 0.3) is 32.7 Å². The third-order valence-electron chi connectivity index (χ3n) is 12.2. The Labute approximate surface area is 380 Å². The van der Waals surface area contributed by atoms with Gasteiger partial charge in [0.1, 0.15) is 0 Å². The van der Waals surface area contributed by atoms with Crippen LogP contribution in [0.3, 0.4) is 0 Å². The minimum absolute atomic E-state index is 0.664. The summed E-state index contributed by atoms with van der Waals surface area (Å²) >= 11 is -2.92. The van der Waals surface area contributed by atoms with E-state index < -0.39 is 46.7 Å². The molecule has 332 valence electrons. The molecule has 3 aromatic carbocycles. The number of hydrogen-bond donors (Lipinski definition) is 0. The molecule has 61 heavy (non-hydrogen) atoms. The molecular formula is C51H78BiN3O3Si3. The van der Waals surface area contributed by atoms with Crippen molar-refractivity contribution in [1.29, 1.82) is 0 Å². The molecule has 6 aromatic rings. The van der Waals surface area contributed by atoms with Gasteiger partial charge < -0.3 is 0 Å². The molecule has 3 heterocycles. The van der Waals surface area contributed by atoms with Crippen LogP contribution in [-0.4, -0.2) is 80.2 Å². The Bertz CT molecular complexity index is 2160. The van der Waals surface area contributed by atoms with E-state index in [0.29, 0.717) is 17.8 Å². The molecule has 0 radical (unpaired) electrons. The van der Waals surface area contributed by atoms with Gasteiger partial charge in [0.05, 0.1) is 0 Å². The van der Waals surface area contributed by atoms with Crippen molar-refractivity contribution in [2.24, 2.45) is 38.9 Å². The number of aryl methyl sites for hydroxylation is 3. The summed E-state index contributed by atoms with van der Waals surface area (Å²) in [5.74, 6) is 1.99. The zero-order valence-corrected chi connectivity index (χ0v) is 47.0. The van der Waals surface area contributed by atoms with E-state index in [9.17, 15) is 0 Å². The number of aromatic nitrogens is 3. The molecule has 0 spiro atoms. The van der Waals surface area contributed by atoms with Gasteiger partial charge in [-0.05, 0) is 0 Å². The van der Waals surface area contributed by atoms with E-state index in [1.54, 1.807) is 0 Å². The second kappa shape index (κ2) is 19.8. The predicted molar refractivity (Wildman–Crippen MR) is 274 cm³/mol. The second-order valence-electron chi connectivity index (χ2n) is 21.1. The first-order chi connectivity index (χ1) is 28.6. The molecule has 0 fully saturated rings. The van der Waals surface area contributed by atoms with Crippen molar-refractivity contribution >= 4 is 89.2 Å². The van der Waals surface area contributed by atoms with Gasteiger partial charge in [-0.2, -0.15) is 0 Å². The average Bonchev–Trinajstić information content (AvgIpc) is 3.75. The Morgan fingerprint density at radius 2 is 0.705 bits per heavy atom. The molecule has 0 unspecified atom stereocenters. The zero-order valence-electron chi connectivity index (χ0n) is 40.5. The molecular weight excluding hydrogens is 996 g/mol. The van der Waals surface area contributed by atoms with Gasteiger partial charge in [0, 0.05) is 0 Å². The molecule has 0 aliphatic rings. The summed E-state index contributed by atoms with van der Waals surface area (Å²) in [6.07, 6.45) is 9.86. The molecule has 6 rings (SSSR count). The van der Waals surface area contributed by atoms with E-state index in [-0.39, 0.29) is 0 Å². The van der Waals surface area contributed by atoms with E-state index in [1.807, 2.05) is 0 Å². The van der Waals surface area contributed by atoms with Crippen molar-refractivity contribution in [2.45, 2.75) is 118 Å². The normalized spacial score (nSPS) is 13.2. The van der Waals surface area contributed by atoms with E-state index >= 15 is 0 Å². The molecule has 0 aliphatic carbocycles. The van der Waals surface area contributed by atoms with Crippen molar-refractivity contribution in [1.82, 2.24) is 13.7 Å². The van der Waals surface area contributed by atoms with Crippen LogP contribution in [0.1, 0.15) is 58.2 Å². The van der Waals surface area contributed by atoms with Crippen molar-refractivity contribution < 1.29 is 13.3 Å². The fourth-order valence-corrected chi connectivity index (χ4v) is 27.6. The number of fused-ring (bicyclic) bond motifs is 3. The van der Waals surface area contributed by atoms with Gasteiger partial charge in [-0.3, -0.25) is 0 Å². The quantitative estimate of drug-likeness (QED) is 0.0675. The second-order valence-corrected chi connectivity index (χ2v) is 42.4. The van der Waals surface area contributed by atoms with Crippen LogP contribution in [-0.2, 0) is 53.7 Å². The van der Waals surface area contributed by atoms with Gasteiger partial charge in [0.25, 0.3) is 0 Å². The van der Waals surface area contributed by atoms with Crippen molar-refractivity contribution in [3.8, 4) is 0 Å². The summed E-state index contributed by atoms with van der Waals surface area (Å²) in [6.45, 7) is 30.5. The summed E-state index contributed by atoms with van der Waals surface area (Å²) in [7, 11) is 1.47. The molecule has 3 aromatic heterocycles. The SMILES string of the molecule is CC(C)C[Si](C)(C)OCCc1cn(C)c2cc[c]([Bi]([c]3ccc4c(c3)c(CCO[Si](C)(C)CC(C)C)cn4C)[c]3ccc4c(c3)c(CCO[Si](C)(C)CC(C)C)cn4C)cc12. The van der Waals surface area contributed by atoms with Gasteiger partial charge in [-0.25, -0.2) is 0 Å². The third kappa shape index (κ3) is 12.3. The summed E-state index contributed by atoms with van der Waals surface area (Å²) in [5.41, 5.74) is 8.09. The predicted octanol–water partition coefficient (Wildman–Crippen LogP) is 10.9. The topological polar surface area (TPSA) is 42.5 Å². The van der Waals surface area contributed by atoms with Gasteiger partial charge >= 0.3 is 383 Å². The third-order valence-corrected chi connectivity index (χ3v) is 29.9. The standard InChI is InChI=1S/3C17H26NOSi.Bi/c3*1-14(2)13-20(4,5)19-11-10-15-12-18(3)17-9-7-6-8-16(15)17;/h3*7-9,12,14H,10-11,13H2,1-5H3;. The summed E-state index contributed by atoms with van der Waals surface area (Å²) in [4.78, 5) is 0. The maximum atomic E-state index is 6.68. The molecule has 0 saturated heterocycles. The van der Waals surface area contributed by atoms with Crippen LogP contribution in [0.2, 0.25) is 57.4 Å². The van der Waals surface area contributed by atoms with E-state index in [0.717, 1.165) is 39.1 Å². The summed E-state index contributed by atoms with van der Waals surface area (Å²) in [5, 5.41) is 4.14. The van der Waals surface area contributed by atoms with Crippen LogP contribution in [0.15, 0.2) is 73.2 Å². The maximum absolute atomic E-state index is 6.68.